The minimum Gasteiger partial charge on any atom is -0.479 e. The molecule has 1 aliphatic heterocycles. The fourth-order valence-corrected chi connectivity index (χ4v) is 2.39. The molecule has 0 radical (unpaired) electrons. The number of nitrogens with zero attached hydrogens (tertiary/aromatic N) is 1. The highest BCUT2D eigenvalue weighted by atomic mass is 19.4. The second kappa shape index (κ2) is 6.75. The van der Waals surface area contributed by atoms with Crippen molar-refractivity contribution in [1.82, 2.24) is 5.06 Å². The third-order valence-electron chi connectivity index (χ3n) is 3.76. The molecule has 0 aromatic heterocycles. The quantitative estimate of drug-likeness (QED) is 0.763. The van der Waals surface area contributed by atoms with Crippen LogP contribution in [0, 0.1) is 0 Å². The Morgan fingerprint density at radius 3 is 1.96 bits per heavy atom. The molecule has 0 fully saturated rings. The zero-order valence-corrected chi connectivity index (χ0v) is 13.8. The molecule has 1 unspecified atom stereocenters. The van der Waals surface area contributed by atoms with Gasteiger partial charge in [0.05, 0.1) is 16.7 Å². The molecule has 0 saturated heterocycles. The zero-order valence-electron chi connectivity index (χ0n) is 13.8. The van der Waals surface area contributed by atoms with Gasteiger partial charge in [-0.25, -0.2) is 4.79 Å². The summed E-state index contributed by atoms with van der Waals surface area (Å²) < 4.78 is 42.8. The van der Waals surface area contributed by atoms with Crippen molar-refractivity contribution in [2.45, 2.75) is 19.2 Å². The number of alkyl halides is 3. The maximum absolute atomic E-state index is 12.5. The number of halogens is 3. The summed E-state index contributed by atoms with van der Waals surface area (Å²) in [5.41, 5.74) is -0.658. The number of hydrogen-bond acceptors (Lipinski definition) is 5. The lowest BCUT2D eigenvalue weighted by Gasteiger charge is -2.17. The predicted octanol–water partition coefficient (Wildman–Crippen LogP) is 3.23. The molecule has 0 bridgehead atoms. The summed E-state index contributed by atoms with van der Waals surface area (Å²) in [6.07, 6.45) is -5.76. The van der Waals surface area contributed by atoms with E-state index in [1.165, 1.54) is 19.1 Å². The predicted molar refractivity (Wildman–Crippen MR) is 84.6 cm³/mol. The molecule has 3 rings (SSSR count). The number of carbonyl (C=O) groups excluding carboxylic acids is 3. The van der Waals surface area contributed by atoms with E-state index in [0.29, 0.717) is 5.06 Å². The SMILES string of the molecule is CC(Oc1ccc(C(F)(F)F)cc1)C(=O)ON1C(=O)c2ccccc2C1=O. The maximum atomic E-state index is 12.5. The molecular formula is C18H12F3NO5. The zero-order chi connectivity index (χ0) is 19.8. The van der Waals surface area contributed by atoms with Crippen LogP contribution >= 0.6 is 0 Å². The topological polar surface area (TPSA) is 72.9 Å². The first kappa shape index (κ1) is 18.4. The minimum atomic E-state index is -4.49. The molecule has 1 heterocycles. The van der Waals surface area contributed by atoms with E-state index in [1.807, 2.05) is 0 Å². The van der Waals surface area contributed by atoms with Crippen molar-refractivity contribution in [2.75, 3.05) is 0 Å². The molecule has 2 aromatic carbocycles. The number of benzene rings is 2. The molecule has 1 atom stereocenters. The second-order valence-electron chi connectivity index (χ2n) is 5.64. The van der Waals surface area contributed by atoms with E-state index in [4.69, 9.17) is 9.57 Å². The Hall–Kier alpha value is -3.36. The van der Waals surface area contributed by atoms with Gasteiger partial charge in [0.2, 0.25) is 0 Å². The van der Waals surface area contributed by atoms with Crippen LogP contribution in [0.3, 0.4) is 0 Å². The smallest absolute Gasteiger partial charge is 0.416 e. The van der Waals surface area contributed by atoms with Crippen LogP contribution < -0.4 is 4.74 Å². The third kappa shape index (κ3) is 3.62. The van der Waals surface area contributed by atoms with Crippen molar-refractivity contribution in [2.24, 2.45) is 0 Å². The van der Waals surface area contributed by atoms with E-state index in [0.717, 1.165) is 24.3 Å². The van der Waals surface area contributed by atoms with Crippen LogP contribution in [-0.4, -0.2) is 29.0 Å². The Kier molecular flexibility index (Phi) is 4.61. The summed E-state index contributed by atoms with van der Waals surface area (Å²) >= 11 is 0. The highest BCUT2D eigenvalue weighted by Crippen LogP contribution is 2.30. The number of ether oxygens (including phenoxy) is 1. The van der Waals surface area contributed by atoms with Crippen molar-refractivity contribution in [3.63, 3.8) is 0 Å². The lowest BCUT2D eigenvalue weighted by atomic mass is 10.1. The molecule has 27 heavy (non-hydrogen) atoms. The van der Waals surface area contributed by atoms with Crippen molar-refractivity contribution >= 4 is 17.8 Å². The molecule has 0 spiro atoms. The van der Waals surface area contributed by atoms with Crippen LogP contribution in [0.1, 0.15) is 33.2 Å². The number of fused-ring (bicyclic) bond motifs is 1. The van der Waals surface area contributed by atoms with Crippen LogP contribution in [0.2, 0.25) is 0 Å². The molecule has 0 N–H and O–H groups in total. The van der Waals surface area contributed by atoms with E-state index in [2.05, 4.69) is 0 Å². The van der Waals surface area contributed by atoms with Gasteiger partial charge in [-0.3, -0.25) is 9.59 Å². The van der Waals surface area contributed by atoms with Gasteiger partial charge in [0, 0.05) is 0 Å². The first-order valence-electron chi connectivity index (χ1n) is 7.72. The van der Waals surface area contributed by atoms with E-state index >= 15 is 0 Å². The summed E-state index contributed by atoms with van der Waals surface area (Å²) in [6, 6.07) is 9.67. The van der Waals surface area contributed by atoms with Crippen LogP contribution in [0.25, 0.3) is 0 Å². The van der Waals surface area contributed by atoms with Crippen molar-refractivity contribution in [3.8, 4) is 5.75 Å². The van der Waals surface area contributed by atoms with Gasteiger partial charge in [-0.15, -0.1) is 0 Å². The van der Waals surface area contributed by atoms with Gasteiger partial charge < -0.3 is 9.57 Å². The fourth-order valence-electron chi connectivity index (χ4n) is 2.39. The van der Waals surface area contributed by atoms with E-state index < -0.39 is 35.6 Å². The molecule has 2 aromatic rings. The summed E-state index contributed by atoms with van der Waals surface area (Å²) in [4.78, 5) is 41.2. The molecular weight excluding hydrogens is 367 g/mol. The molecule has 1 aliphatic rings. The highest BCUT2D eigenvalue weighted by molar-refractivity contribution is 6.20. The summed E-state index contributed by atoms with van der Waals surface area (Å²) in [5, 5.41) is 0.333. The van der Waals surface area contributed by atoms with Crippen molar-refractivity contribution in [1.29, 1.82) is 0 Å². The van der Waals surface area contributed by atoms with Crippen LogP contribution in [0.4, 0.5) is 13.2 Å². The standard InChI is InChI=1S/C18H12F3NO5/c1-10(26-12-8-6-11(7-9-12)18(19,20)21)17(25)27-22-15(23)13-4-2-3-5-14(13)16(22)24/h2-10H,1H3. The number of imide groups is 1. The first-order chi connectivity index (χ1) is 12.7. The van der Waals surface area contributed by atoms with E-state index in [1.54, 1.807) is 12.1 Å². The normalized spacial score (nSPS) is 14.7. The van der Waals surface area contributed by atoms with Gasteiger partial charge in [-0.05, 0) is 43.3 Å². The number of hydroxylamine groups is 2. The van der Waals surface area contributed by atoms with E-state index in [-0.39, 0.29) is 16.9 Å². The Bertz CT molecular complexity index is 873. The number of hydrogen-bond donors (Lipinski definition) is 0. The van der Waals surface area contributed by atoms with Gasteiger partial charge in [-0.2, -0.15) is 13.2 Å². The molecule has 6 nitrogen and oxygen atoms in total. The van der Waals surface area contributed by atoms with Crippen molar-refractivity contribution in [3.05, 3.63) is 65.2 Å². The van der Waals surface area contributed by atoms with Crippen LogP contribution in [0.5, 0.6) is 5.75 Å². The Balaban J connectivity index is 1.65. The number of amides is 2. The minimum absolute atomic E-state index is 0.00480. The van der Waals surface area contributed by atoms with Crippen LogP contribution in [-0.2, 0) is 15.8 Å². The maximum Gasteiger partial charge on any atom is 0.416 e. The van der Waals surface area contributed by atoms with Crippen LogP contribution in [0.15, 0.2) is 48.5 Å². The second-order valence-corrected chi connectivity index (χ2v) is 5.64. The monoisotopic (exact) mass is 379 g/mol. The van der Waals surface area contributed by atoms with E-state index in [9.17, 15) is 27.6 Å². The largest absolute Gasteiger partial charge is 0.479 e. The average Bonchev–Trinajstić information content (AvgIpc) is 2.86. The van der Waals surface area contributed by atoms with Gasteiger partial charge in [0.15, 0.2) is 6.10 Å². The molecule has 0 aliphatic carbocycles. The van der Waals surface area contributed by atoms with Crippen molar-refractivity contribution < 1.29 is 37.1 Å². The Labute approximate surface area is 151 Å². The molecule has 0 saturated carbocycles. The summed E-state index contributed by atoms with van der Waals surface area (Å²) in [7, 11) is 0. The molecule has 2 amide bonds. The lowest BCUT2D eigenvalue weighted by Crippen LogP contribution is -2.37. The van der Waals surface area contributed by atoms with Gasteiger partial charge in [0.25, 0.3) is 11.8 Å². The number of rotatable bonds is 4. The number of carbonyl (C=O) groups is 3. The highest BCUT2D eigenvalue weighted by Gasteiger charge is 2.39. The van der Waals surface area contributed by atoms with Gasteiger partial charge >= 0.3 is 12.1 Å². The lowest BCUT2D eigenvalue weighted by molar-refractivity contribution is -0.176. The Morgan fingerprint density at radius 2 is 1.48 bits per heavy atom. The third-order valence-corrected chi connectivity index (χ3v) is 3.76. The molecule has 140 valence electrons. The van der Waals surface area contributed by atoms with Gasteiger partial charge in [0.1, 0.15) is 5.75 Å². The Morgan fingerprint density at radius 1 is 0.963 bits per heavy atom. The molecule has 9 heteroatoms. The average molecular weight is 379 g/mol. The fraction of sp³-hybridized carbons (Fsp3) is 0.167. The first-order valence-corrected chi connectivity index (χ1v) is 7.72. The summed E-state index contributed by atoms with van der Waals surface area (Å²) in [6.45, 7) is 1.28. The summed E-state index contributed by atoms with van der Waals surface area (Å²) in [5.74, 6) is -2.63. The van der Waals surface area contributed by atoms with Gasteiger partial charge in [-0.1, -0.05) is 17.2 Å².